The number of fused-ring (bicyclic) bond motifs is 1. The SMILES string of the molecule is CN=C(NCc1ccc2c(c1)OCCCO2)NCC(C)C. The molecule has 5 nitrogen and oxygen atoms in total. The van der Waals surface area contributed by atoms with Gasteiger partial charge in [0.15, 0.2) is 17.5 Å². The first kappa shape index (κ1) is 15.5. The van der Waals surface area contributed by atoms with Crippen molar-refractivity contribution < 1.29 is 9.47 Å². The summed E-state index contributed by atoms with van der Waals surface area (Å²) in [5.74, 6) is 3.06. The first-order chi connectivity index (χ1) is 10.2. The Morgan fingerprint density at radius 1 is 1.19 bits per heavy atom. The molecule has 2 N–H and O–H groups in total. The van der Waals surface area contributed by atoms with E-state index in [0.29, 0.717) is 19.1 Å². The quantitative estimate of drug-likeness (QED) is 0.659. The van der Waals surface area contributed by atoms with Crippen LogP contribution >= 0.6 is 0 Å². The van der Waals surface area contributed by atoms with Crippen LogP contribution in [0.5, 0.6) is 11.5 Å². The van der Waals surface area contributed by atoms with Crippen molar-refractivity contribution in [2.75, 3.05) is 26.8 Å². The van der Waals surface area contributed by atoms with Crippen LogP contribution in [0.25, 0.3) is 0 Å². The zero-order valence-corrected chi connectivity index (χ0v) is 13.1. The predicted octanol–water partition coefficient (Wildman–Crippen LogP) is 2.17. The van der Waals surface area contributed by atoms with Crippen molar-refractivity contribution in [2.24, 2.45) is 10.9 Å². The first-order valence-corrected chi connectivity index (χ1v) is 7.52. The van der Waals surface area contributed by atoms with Crippen molar-refractivity contribution in [1.82, 2.24) is 10.6 Å². The minimum atomic E-state index is 0.585. The lowest BCUT2D eigenvalue weighted by Crippen LogP contribution is -2.38. The van der Waals surface area contributed by atoms with Crippen molar-refractivity contribution in [3.63, 3.8) is 0 Å². The molecule has 0 saturated heterocycles. The molecule has 0 saturated carbocycles. The number of hydrogen-bond donors (Lipinski definition) is 2. The van der Waals surface area contributed by atoms with Gasteiger partial charge in [0, 0.05) is 26.6 Å². The van der Waals surface area contributed by atoms with Gasteiger partial charge < -0.3 is 20.1 Å². The van der Waals surface area contributed by atoms with Gasteiger partial charge in [0.2, 0.25) is 0 Å². The summed E-state index contributed by atoms with van der Waals surface area (Å²) < 4.78 is 11.3. The van der Waals surface area contributed by atoms with E-state index in [1.165, 1.54) is 0 Å². The molecule has 2 rings (SSSR count). The molecule has 1 aliphatic heterocycles. The smallest absolute Gasteiger partial charge is 0.191 e. The third-order valence-electron chi connectivity index (χ3n) is 3.17. The van der Waals surface area contributed by atoms with Crippen LogP contribution in [0.4, 0.5) is 0 Å². The van der Waals surface area contributed by atoms with E-state index in [0.717, 1.165) is 42.6 Å². The van der Waals surface area contributed by atoms with Crippen LogP contribution in [-0.2, 0) is 6.54 Å². The molecule has 1 aromatic carbocycles. The van der Waals surface area contributed by atoms with Crippen LogP contribution < -0.4 is 20.1 Å². The lowest BCUT2D eigenvalue weighted by atomic mass is 10.2. The lowest BCUT2D eigenvalue weighted by molar-refractivity contribution is 0.297. The molecule has 0 spiro atoms. The van der Waals surface area contributed by atoms with E-state index in [-0.39, 0.29) is 0 Å². The second-order valence-electron chi connectivity index (χ2n) is 5.53. The van der Waals surface area contributed by atoms with Crippen molar-refractivity contribution in [3.8, 4) is 11.5 Å². The van der Waals surface area contributed by atoms with E-state index >= 15 is 0 Å². The normalized spacial score (nSPS) is 14.8. The number of ether oxygens (including phenoxy) is 2. The lowest BCUT2D eigenvalue weighted by Gasteiger charge is -2.14. The van der Waals surface area contributed by atoms with Gasteiger partial charge in [-0.25, -0.2) is 0 Å². The zero-order chi connectivity index (χ0) is 15.1. The summed E-state index contributed by atoms with van der Waals surface area (Å²) in [7, 11) is 1.78. The fourth-order valence-electron chi connectivity index (χ4n) is 2.02. The molecule has 1 aromatic rings. The van der Waals surface area contributed by atoms with Crippen LogP contribution in [0.2, 0.25) is 0 Å². The molecule has 0 aliphatic carbocycles. The van der Waals surface area contributed by atoms with Gasteiger partial charge in [0.1, 0.15) is 0 Å². The highest BCUT2D eigenvalue weighted by atomic mass is 16.5. The van der Waals surface area contributed by atoms with Gasteiger partial charge in [-0.1, -0.05) is 19.9 Å². The number of rotatable bonds is 4. The monoisotopic (exact) mass is 291 g/mol. The molecule has 0 amide bonds. The highest BCUT2D eigenvalue weighted by Gasteiger charge is 2.10. The number of aliphatic imine (C=N–C) groups is 1. The molecule has 1 heterocycles. The minimum absolute atomic E-state index is 0.585. The Morgan fingerprint density at radius 2 is 1.95 bits per heavy atom. The molecule has 0 fully saturated rings. The van der Waals surface area contributed by atoms with E-state index in [9.17, 15) is 0 Å². The Labute approximate surface area is 126 Å². The standard InChI is InChI=1S/C16H25N3O2/c1-12(2)10-18-16(17-3)19-11-13-5-6-14-15(9-13)21-8-4-7-20-14/h5-6,9,12H,4,7-8,10-11H2,1-3H3,(H2,17,18,19). The maximum absolute atomic E-state index is 5.70. The van der Waals surface area contributed by atoms with Crippen molar-refractivity contribution >= 4 is 5.96 Å². The predicted molar refractivity (Wildman–Crippen MR) is 85.1 cm³/mol. The average molecular weight is 291 g/mol. The zero-order valence-electron chi connectivity index (χ0n) is 13.1. The van der Waals surface area contributed by atoms with Gasteiger partial charge in [-0.05, 0) is 23.6 Å². The Balaban J connectivity index is 1.92. The van der Waals surface area contributed by atoms with Crippen molar-refractivity contribution in [2.45, 2.75) is 26.8 Å². The summed E-state index contributed by atoms with van der Waals surface area (Å²) in [5, 5.41) is 6.60. The molecule has 0 bridgehead atoms. The topological polar surface area (TPSA) is 54.9 Å². The first-order valence-electron chi connectivity index (χ1n) is 7.52. The van der Waals surface area contributed by atoms with Gasteiger partial charge >= 0.3 is 0 Å². The molecule has 0 unspecified atom stereocenters. The summed E-state index contributed by atoms with van der Waals surface area (Å²) in [4.78, 5) is 4.22. The van der Waals surface area contributed by atoms with Gasteiger partial charge in [-0.2, -0.15) is 0 Å². The molecule has 0 radical (unpaired) electrons. The van der Waals surface area contributed by atoms with Crippen LogP contribution in [0.3, 0.4) is 0 Å². The minimum Gasteiger partial charge on any atom is -0.490 e. The molecule has 116 valence electrons. The van der Waals surface area contributed by atoms with E-state index in [4.69, 9.17) is 9.47 Å². The van der Waals surface area contributed by atoms with E-state index in [1.54, 1.807) is 7.05 Å². The second kappa shape index (κ2) is 7.76. The summed E-state index contributed by atoms with van der Waals surface area (Å²) in [5.41, 5.74) is 1.15. The average Bonchev–Trinajstić information content (AvgIpc) is 2.72. The molecule has 0 aromatic heterocycles. The fourth-order valence-corrected chi connectivity index (χ4v) is 2.02. The second-order valence-corrected chi connectivity index (χ2v) is 5.53. The molecular formula is C16H25N3O2. The third kappa shape index (κ3) is 4.85. The summed E-state index contributed by atoms with van der Waals surface area (Å²) >= 11 is 0. The number of guanidine groups is 1. The van der Waals surface area contributed by atoms with Crippen LogP contribution in [0.1, 0.15) is 25.8 Å². The Bertz CT molecular complexity index is 486. The molecular weight excluding hydrogens is 266 g/mol. The third-order valence-corrected chi connectivity index (χ3v) is 3.17. The maximum atomic E-state index is 5.70. The van der Waals surface area contributed by atoms with E-state index in [1.807, 2.05) is 12.1 Å². The number of nitrogens with zero attached hydrogens (tertiary/aromatic N) is 1. The van der Waals surface area contributed by atoms with Crippen LogP contribution in [0, 0.1) is 5.92 Å². The van der Waals surface area contributed by atoms with Gasteiger partial charge in [-0.15, -0.1) is 0 Å². The fraction of sp³-hybridized carbons (Fsp3) is 0.562. The van der Waals surface area contributed by atoms with Crippen molar-refractivity contribution in [1.29, 1.82) is 0 Å². The van der Waals surface area contributed by atoms with Crippen LogP contribution in [-0.4, -0.2) is 32.8 Å². The van der Waals surface area contributed by atoms with E-state index in [2.05, 4.69) is 35.5 Å². The van der Waals surface area contributed by atoms with Crippen LogP contribution in [0.15, 0.2) is 23.2 Å². The van der Waals surface area contributed by atoms with Gasteiger partial charge in [0.05, 0.1) is 13.2 Å². The Hall–Kier alpha value is -1.91. The largest absolute Gasteiger partial charge is 0.490 e. The van der Waals surface area contributed by atoms with Crippen molar-refractivity contribution in [3.05, 3.63) is 23.8 Å². The molecule has 0 atom stereocenters. The highest BCUT2D eigenvalue weighted by Crippen LogP contribution is 2.30. The number of hydrogen-bond acceptors (Lipinski definition) is 3. The summed E-state index contributed by atoms with van der Waals surface area (Å²) in [6, 6.07) is 6.06. The molecule has 5 heteroatoms. The summed E-state index contributed by atoms with van der Waals surface area (Å²) in [6.07, 6.45) is 0.925. The summed E-state index contributed by atoms with van der Waals surface area (Å²) in [6.45, 7) is 7.38. The van der Waals surface area contributed by atoms with Gasteiger partial charge in [0.25, 0.3) is 0 Å². The Morgan fingerprint density at radius 3 is 2.67 bits per heavy atom. The number of benzene rings is 1. The van der Waals surface area contributed by atoms with E-state index < -0.39 is 0 Å². The van der Waals surface area contributed by atoms with Gasteiger partial charge in [-0.3, -0.25) is 4.99 Å². The molecule has 1 aliphatic rings. The molecule has 21 heavy (non-hydrogen) atoms. The Kier molecular flexibility index (Phi) is 5.72. The maximum Gasteiger partial charge on any atom is 0.191 e. The number of nitrogens with one attached hydrogen (secondary N) is 2. The highest BCUT2D eigenvalue weighted by molar-refractivity contribution is 5.79.